The van der Waals surface area contributed by atoms with E-state index in [9.17, 15) is 25.2 Å². The highest BCUT2D eigenvalue weighted by Crippen LogP contribution is 2.71. The van der Waals surface area contributed by atoms with Gasteiger partial charge < -0.3 is 43.8 Å². The van der Waals surface area contributed by atoms with Crippen molar-refractivity contribution in [1.82, 2.24) is 0 Å². The average Bonchev–Trinajstić information content (AvgIpc) is 1.68. The van der Waals surface area contributed by atoms with Crippen molar-refractivity contribution >= 4 is 46.7 Å². The number of hydrogen-bond donors (Lipinski definition) is 4. The van der Waals surface area contributed by atoms with Gasteiger partial charge in [0.05, 0.1) is 25.4 Å². The highest BCUT2D eigenvalue weighted by atomic mass is 16.6. The Balaban J connectivity index is 0.919. The van der Waals surface area contributed by atoms with Crippen molar-refractivity contribution in [2.45, 2.75) is 150 Å². The summed E-state index contributed by atoms with van der Waals surface area (Å²) in [6.07, 6.45) is 28.1. The van der Waals surface area contributed by atoms with Gasteiger partial charge in [0.1, 0.15) is 18.1 Å². The number of benzene rings is 5. The van der Waals surface area contributed by atoms with E-state index in [1.165, 1.54) is 50.1 Å². The van der Waals surface area contributed by atoms with Crippen LogP contribution < -0.4 is 10.4 Å². The molecule has 4 N–H and O–H groups in total. The van der Waals surface area contributed by atoms with E-state index >= 15 is 9.59 Å². The molecule has 12 nitrogen and oxygen atoms in total. The maximum atomic E-state index is 16.3. The number of aliphatic hydroxyl groups is 4. The number of fused-ring (bicyclic) bond motifs is 9. The van der Waals surface area contributed by atoms with Crippen LogP contribution in [0.2, 0.25) is 0 Å². The second kappa shape index (κ2) is 22.8. The lowest BCUT2D eigenvalue weighted by Gasteiger charge is -2.58. The van der Waals surface area contributed by atoms with Crippen molar-refractivity contribution in [2.75, 3.05) is 26.6 Å². The molecule has 9 bridgehead atoms. The number of aryl methyl sites for hydroxylation is 2. The quantitative estimate of drug-likeness (QED) is 0.0373. The fourth-order valence-electron chi connectivity index (χ4n) is 21.1. The first-order chi connectivity index (χ1) is 45.5. The maximum Gasteiger partial charge on any atom is 0.340 e. The van der Waals surface area contributed by atoms with Gasteiger partial charge in [-0.05, 0) is 209 Å². The Morgan fingerprint density at radius 1 is 0.731 bits per heavy atom. The zero-order valence-corrected chi connectivity index (χ0v) is 52.7. The number of rotatable bonds is 8. The summed E-state index contributed by atoms with van der Waals surface area (Å²) < 4.78 is 34.6. The number of aliphatic hydroxyl groups excluding tert-OH is 4. The van der Waals surface area contributed by atoms with Crippen LogP contribution in [-0.4, -0.2) is 70.7 Å². The van der Waals surface area contributed by atoms with Crippen LogP contribution in [0.1, 0.15) is 192 Å². The van der Waals surface area contributed by atoms with Gasteiger partial charge in [0.2, 0.25) is 0 Å². The minimum absolute atomic E-state index is 0.00159. The Labute approximate surface area is 542 Å². The van der Waals surface area contributed by atoms with Crippen LogP contribution in [0.25, 0.3) is 34.8 Å². The predicted octanol–water partition coefficient (Wildman–Crippen LogP) is 13.8. The third kappa shape index (κ3) is 8.83. The number of allylic oxidation sites excluding steroid dienone is 7. The largest absolute Gasteiger partial charge is 0.482 e. The van der Waals surface area contributed by atoms with E-state index < -0.39 is 60.1 Å². The smallest absolute Gasteiger partial charge is 0.340 e. The lowest BCUT2D eigenvalue weighted by molar-refractivity contribution is -0.221. The highest BCUT2D eigenvalue weighted by Gasteiger charge is 2.70. The van der Waals surface area contributed by atoms with Crippen molar-refractivity contribution in [3.8, 4) is 5.75 Å². The van der Waals surface area contributed by atoms with E-state index in [1.807, 2.05) is 6.07 Å². The molecule has 18 rings (SSSR count). The molecule has 12 aliphatic rings. The van der Waals surface area contributed by atoms with Gasteiger partial charge in [-0.1, -0.05) is 140 Å². The molecule has 5 aromatic carbocycles. The summed E-state index contributed by atoms with van der Waals surface area (Å²) in [7, 11) is 0. The second-order valence-corrected chi connectivity index (χ2v) is 28.9. The fourth-order valence-corrected chi connectivity index (χ4v) is 21.1. The molecule has 3 saturated carbocycles. The van der Waals surface area contributed by atoms with Gasteiger partial charge in [-0.2, -0.15) is 0 Å². The molecular weight excluding hydrogens is 1160 g/mol. The summed E-state index contributed by atoms with van der Waals surface area (Å²) in [6.45, 7) is -0.282. The Kier molecular flexibility index (Phi) is 14.5. The summed E-state index contributed by atoms with van der Waals surface area (Å²) >= 11 is 0. The minimum Gasteiger partial charge on any atom is -0.482 e. The Morgan fingerprint density at radius 2 is 1.55 bits per heavy atom. The maximum absolute atomic E-state index is 16.3. The van der Waals surface area contributed by atoms with E-state index in [0.29, 0.717) is 60.3 Å². The van der Waals surface area contributed by atoms with E-state index in [2.05, 4.69) is 134 Å². The normalized spacial score (nSPS) is 32.1. The fraction of sp³-hybridized carbons (Fsp3) is 0.420. The molecule has 93 heavy (non-hydrogen) atoms. The van der Waals surface area contributed by atoms with E-state index in [4.69, 9.17) is 23.4 Å². The van der Waals surface area contributed by atoms with Gasteiger partial charge in [0.15, 0.2) is 17.8 Å². The molecule has 2 spiro atoms. The van der Waals surface area contributed by atoms with Crippen LogP contribution >= 0.6 is 0 Å². The van der Waals surface area contributed by atoms with Crippen LogP contribution in [0.15, 0.2) is 148 Å². The van der Waals surface area contributed by atoms with Gasteiger partial charge >= 0.3 is 17.6 Å². The first-order valence-electron chi connectivity index (χ1n) is 34.3. The monoisotopic (exact) mass is 1240 g/mol. The van der Waals surface area contributed by atoms with Gasteiger partial charge in [0.25, 0.3) is 0 Å². The van der Waals surface area contributed by atoms with E-state index in [-0.39, 0.29) is 108 Å². The number of esters is 2. The van der Waals surface area contributed by atoms with Crippen LogP contribution in [0, 0.1) is 35.0 Å². The molecule has 0 amide bonds. The number of ether oxygens (including phenoxy) is 4. The summed E-state index contributed by atoms with van der Waals surface area (Å²) in [5.74, 6) is -1.65. The van der Waals surface area contributed by atoms with Gasteiger partial charge in [-0.3, -0.25) is 4.79 Å². The van der Waals surface area contributed by atoms with Crippen molar-refractivity contribution in [3.05, 3.63) is 227 Å². The van der Waals surface area contributed by atoms with Crippen molar-refractivity contribution in [1.29, 1.82) is 0 Å². The number of carbonyl (C=O) groups is 2. The molecule has 1 aromatic heterocycles. The van der Waals surface area contributed by atoms with Crippen LogP contribution in [0.5, 0.6) is 5.75 Å². The van der Waals surface area contributed by atoms with Crippen LogP contribution in [-0.2, 0) is 48.7 Å². The Hall–Kier alpha value is -7.71. The molecule has 12 heteroatoms. The third-order valence-electron chi connectivity index (χ3n) is 24.9. The molecule has 3 fully saturated rings. The number of hydrogen-bond acceptors (Lipinski definition) is 12. The molecule has 14 unspecified atom stereocenters. The first-order valence-corrected chi connectivity index (χ1v) is 34.3. The van der Waals surface area contributed by atoms with Crippen LogP contribution in [0.3, 0.4) is 0 Å². The highest BCUT2D eigenvalue weighted by molar-refractivity contribution is 5.91. The number of carbonyl (C=O) groups excluding carboxylic acids is 2. The lowest BCUT2D eigenvalue weighted by Crippen LogP contribution is -2.65. The molecule has 14 atom stereocenters. The van der Waals surface area contributed by atoms with Gasteiger partial charge in [-0.25, -0.2) is 9.59 Å². The molecule has 3 aliphatic heterocycles. The molecule has 476 valence electrons. The summed E-state index contributed by atoms with van der Waals surface area (Å²) in [6, 6.07) is 33.2. The molecule has 0 saturated heterocycles. The van der Waals surface area contributed by atoms with Gasteiger partial charge in [0, 0.05) is 58.6 Å². The zero-order valence-electron chi connectivity index (χ0n) is 52.7. The average molecular weight is 1250 g/mol. The third-order valence-corrected chi connectivity index (χ3v) is 24.9. The van der Waals surface area contributed by atoms with E-state index in [0.717, 1.165) is 55.2 Å². The van der Waals surface area contributed by atoms with Crippen LogP contribution in [0.4, 0.5) is 0 Å². The Morgan fingerprint density at radius 3 is 2.41 bits per heavy atom. The zero-order chi connectivity index (χ0) is 63.1. The molecule has 9 aliphatic carbocycles. The SMILES string of the molecule is CC(CO)=C1CCc2cc3c4cc2CCC25CCCC6(Oc7ccc8c(CO)c(C(CCO)COCO)c(=O)oc8c7C(OC(=O)CC7CC(C=CC47)c4cccc7c4C(=CC4CCCC8C=Cc9ccccc9C784)C=C3)C6OC1=O)C2CC1c2ccccc2C=CC15. The first kappa shape index (κ1) is 59.1. The topological polar surface area (TPSA) is 182 Å². The molecule has 6 aromatic rings. The Bertz CT molecular complexity index is 4370. The molecule has 0 radical (unpaired) electrons. The second-order valence-electron chi connectivity index (χ2n) is 28.9. The summed E-state index contributed by atoms with van der Waals surface area (Å²) in [5, 5.41) is 43.0. The minimum atomic E-state index is -1.40. The molecular formula is C81H80O12. The van der Waals surface area contributed by atoms with Crippen molar-refractivity contribution in [3.63, 3.8) is 0 Å². The van der Waals surface area contributed by atoms with Crippen molar-refractivity contribution < 1.29 is 53.4 Å². The summed E-state index contributed by atoms with van der Waals surface area (Å²) in [5.41, 5.74) is 13.4. The predicted molar refractivity (Wildman–Crippen MR) is 355 cm³/mol. The standard InChI is InChI=1S/C81H80O12/c1-45(41-83)57-24-20-48-35-51-17-18-52-37-56-12-6-11-55-23-19-47-10-3-5-15-65(47)81(55,56)67-16-7-14-60(71(52)67)50-21-25-59-54(36-50)39-70(86)90-75-73-68(28-26-61-64(42-84)72(78(88)91-74(61)73)53(30-34-82)43-89-44-85)93-80(76(75)92-77(57)87)32-8-31-79(33-29-49(48)38-62(51)59)66-27-22-46-9-2-4-13-58(46)63(66)40-69(79)80/h2-5,7,9-10,13-19,21-23,25-28,35,37-38,50,53-56,59,63,66,69,75-76,82-85H,6,8,11-12,20,24,29-34,36,39-44H2,1H3. The van der Waals surface area contributed by atoms with Crippen molar-refractivity contribution in [2.24, 2.45) is 35.0 Å². The molecule has 4 heterocycles. The van der Waals surface area contributed by atoms with E-state index in [1.54, 1.807) is 13.0 Å². The van der Waals surface area contributed by atoms with Gasteiger partial charge in [-0.15, -0.1) is 0 Å². The summed E-state index contributed by atoms with van der Waals surface area (Å²) in [4.78, 5) is 47.3. The lowest BCUT2D eigenvalue weighted by atomic mass is 9.48.